The zero-order valence-electron chi connectivity index (χ0n) is 18.2. The molecular weight excluding hydrogens is 410 g/mol. The average Bonchev–Trinajstić information content (AvgIpc) is 2.72. The SMILES string of the molecule is Cc1cc(C)cc(NC(=O)c2cncc(-c3cc(F)cc(F)c3)c2N2CCC(N)CC2)c1. The third-order valence-corrected chi connectivity index (χ3v) is 5.67. The number of aromatic nitrogens is 1. The van der Waals surface area contributed by atoms with Crippen LogP contribution in [0.25, 0.3) is 11.1 Å². The lowest BCUT2D eigenvalue weighted by Gasteiger charge is -2.34. The van der Waals surface area contributed by atoms with Crippen LogP contribution in [0.3, 0.4) is 0 Å². The van der Waals surface area contributed by atoms with Crippen LogP contribution in [0.15, 0.2) is 48.8 Å². The normalized spacial score (nSPS) is 14.5. The first-order chi connectivity index (χ1) is 15.3. The number of nitrogens with one attached hydrogen (secondary N) is 1. The van der Waals surface area contributed by atoms with E-state index in [0.29, 0.717) is 41.2 Å². The van der Waals surface area contributed by atoms with Crippen LogP contribution in [0.4, 0.5) is 20.2 Å². The molecule has 0 aliphatic carbocycles. The van der Waals surface area contributed by atoms with E-state index < -0.39 is 11.6 Å². The molecule has 1 fully saturated rings. The number of hydrogen-bond acceptors (Lipinski definition) is 4. The number of carbonyl (C=O) groups is 1. The number of pyridine rings is 1. The Hall–Kier alpha value is -3.32. The molecule has 4 rings (SSSR count). The molecule has 0 atom stereocenters. The number of rotatable bonds is 4. The Bertz CT molecular complexity index is 1120. The van der Waals surface area contributed by atoms with Crippen molar-refractivity contribution in [3.05, 3.63) is 77.1 Å². The van der Waals surface area contributed by atoms with Crippen molar-refractivity contribution in [2.75, 3.05) is 23.3 Å². The zero-order chi connectivity index (χ0) is 22.8. The summed E-state index contributed by atoms with van der Waals surface area (Å²) in [5.74, 6) is -1.69. The quantitative estimate of drug-likeness (QED) is 0.615. The van der Waals surface area contributed by atoms with Gasteiger partial charge in [-0.15, -0.1) is 0 Å². The fourth-order valence-electron chi connectivity index (χ4n) is 4.25. The Kier molecular flexibility index (Phi) is 6.19. The van der Waals surface area contributed by atoms with E-state index in [4.69, 9.17) is 5.73 Å². The van der Waals surface area contributed by atoms with E-state index in [2.05, 4.69) is 15.2 Å². The zero-order valence-corrected chi connectivity index (χ0v) is 18.2. The van der Waals surface area contributed by atoms with Gasteiger partial charge in [0.15, 0.2) is 0 Å². The summed E-state index contributed by atoms with van der Waals surface area (Å²) in [4.78, 5) is 19.6. The van der Waals surface area contributed by atoms with Crippen molar-refractivity contribution in [1.82, 2.24) is 4.98 Å². The van der Waals surface area contributed by atoms with Gasteiger partial charge in [0, 0.05) is 48.8 Å². The third kappa shape index (κ3) is 4.78. The van der Waals surface area contributed by atoms with Crippen LogP contribution in [-0.2, 0) is 0 Å². The number of anilines is 2. The molecule has 0 saturated carbocycles. The van der Waals surface area contributed by atoms with Gasteiger partial charge in [0.05, 0.1) is 11.3 Å². The molecule has 3 N–H and O–H groups in total. The molecule has 0 bridgehead atoms. The van der Waals surface area contributed by atoms with E-state index in [0.717, 1.165) is 30.0 Å². The number of amides is 1. The summed E-state index contributed by atoms with van der Waals surface area (Å²) in [6, 6.07) is 9.24. The number of halogens is 2. The summed E-state index contributed by atoms with van der Waals surface area (Å²) >= 11 is 0. The van der Waals surface area contributed by atoms with Crippen molar-refractivity contribution in [2.24, 2.45) is 5.73 Å². The number of carbonyl (C=O) groups excluding carboxylic acids is 1. The first kappa shape index (κ1) is 21.9. The van der Waals surface area contributed by atoms with E-state index in [-0.39, 0.29) is 11.9 Å². The van der Waals surface area contributed by atoms with Crippen LogP contribution in [0.1, 0.15) is 34.3 Å². The maximum atomic E-state index is 14.0. The molecule has 1 amide bonds. The monoisotopic (exact) mass is 436 g/mol. The topological polar surface area (TPSA) is 71.2 Å². The van der Waals surface area contributed by atoms with Gasteiger partial charge < -0.3 is 16.0 Å². The fraction of sp³-hybridized carbons (Fsp3) is 0.280. The summed E-state index contributed by atoms with van der Waals surface area (Å²) in [6.07, 6.45) is 4.57. The van der Waals surface area contributed by atoms with E-state index in [1.54, 1.807) is 6.20 Å². The Labute approximate surface area is 186 Å². The van der Waals surface area contributed by atoms with Gasteiger partial charge in [-0.1, -0.05) is 6.07 Å². The van der Waals surface area contributed by atoms with Crippen molar-refractivity contribution in [3.8, 4) is 11.1 Å². The third-order valence-electron chi connectivity index (χ3n) is 5.67. The van der Waals surface area contributed by atoms with Gasteiger partial charge in [-0.25, -0.2) is 8.78 Å². The molecule has 1 aromatic heterocycles. The van der Waals surface area contributed by atoms with E-state index in [9.17, 15) is 13.6 Å². The highest BCUT2D eigenvalue weighted by molar-refractivity contribution is 6.10. The number of nitrogens with zero attached hydrogens (tertiary/aromatic N) is 2. The highest BCUT2D eigenvalue weighted by Crippen LogP contribution is 2.36. The molecule has 0 spiro atoms. The molecule has 2 heterocycles. The number of nitrogens with two attached hydrogens (primary N) is 1. The second kappa shape index (κ2) is 9.04. The Morgan fingerprint density at radius 1 is 1.00 bits per heavy atom. The summed E-state index contributed by atoms with van der Waals surface area (Å²) in [7, 11) is 0. The Morgan fingerprint density at radius 2 is 1.62 bits per heavy atom. The molecular formula is C25H26F2N4O. The molecule has 5 nitrogen and oxygen atoms in total. The van der Waals surface area contributed by atoms with Crippen LogP contribution in [0, 0.1) is 25.5 Å². The van der Waals surface area contributed by atoms with Gasteiger partial charge in [0.1, 0.15) is 11.6 Å². The summed E-state index contributed by atoms with van der Waals surface area (Å²) in [5, 5.41) is 2.95. The van der Waals surface area contributed by atoms with E-state index in [1.807, 2.05) is 32.0 Å². The minimum atomic E-state index is -0.684. The van der Waals surface area contributed by atoms with Crippen molar-refractivity contribution in [3.63, 3.8) is 0 Å². The molecule has 0 radical (unpaired) electrons. The van der Waals surface area contributed by atoms with Gasteiger partial charge in [0.25, 0.3) is 5.91 Å². The van der Waals surface area contributed by atoms with Crippen molar-refractivity contribution < 1.29 is 13.6 Å². The van der Waals surface area contributed by atoms with Crippen LogP contribution in [-0.4, -0.2) is 30.0 Å². The molecule has 166 valence electrons. The summed E-state index contributed by atoms with van der Waals surface area (Å²) in [5.41, 5.74) is 10.6. The molecule has 0 unspecified atom stereocenters. The Balaban J connectivity index is 1.80. The molecule has 7 heteroatoms. The van der Waals surface area contributed by atoms with Crippen LogP contribution >= 0.6 is 0 Å². The lowest BCUT2D eigenvalue weighted by Crippen LogP contribution is -2.40. The molecule has 2 aromatic carbocycles. The Morgan fingerprint density at radius 3 is 2.25 bits per heavy atom. The number of aryl methyl sites for hydroxylation is 2. The van der Waals surface area contributed by atoms with Gasteiger partial charge in [-0.2, -0.15) is 0 Å². The number of hydrogen-bond donors (Lipinski definition) is 2. The summed E-state index contributed by atoms with van der Waals surface area (Å²) < 4.78 is 28.0. The van der Waals surface area contributed by atoms with E-state index in [1.165, 1.54) is 18.3 Å². The largest absolute Gasteiger partial charge is 0.370 e. The molecule has 1 aliphatic rings. The molecule has 1 aliphatic heterocycles. The standard InChI is InChI=1S/C25H26F2N4O/c1-15-7-16(2)9-21(8-15)30-25(32)23-14-29-13-22(17-10-18(26)12-19(27)11-17)24(23)31-5-3-20(28)4-6-31/h7-14,20H,3-6,28H2,1-2H3,(H,30,32). The van der Waals surface area contributed by atoms with E-state index >= 15 is 0 Å². The molecule has 32 heavy (non-hydrogen) atoms. The minimum Gasteiger partial charge on any atom is -0.370 e. The van der Waals surface area contributed by atoms with Crippen LogP contribution in [0.2, 0.25) is 0 Å². The maximum Gasteiger partial charge on any atom is 0.259 e. The second-order valence-corrected chi connectivity index (χ2v) is 8.40. The predicted octanol–water partition coefficient (Wildman–Crippen LogP) is 4.82. The molecule has 1 saturated heterocycles. The summed E-state index contributed by atoms with van der Waals surface area (Å²) in [6.45, 7) is 5.21. The number of benzene rings is 2. The second-order valence-electron chi connectivity index (χ2n) is 8.40. The van der Waals surface area contributed by atoms with Crippen LogP contribution < -0.4 is 16.0 Å². The number of piperidine rings is 1. The highest BCUT2D eigenvalue weighted by Gasteiger charge is 2.25. The van der Waals surface area contributed by atoms with Gasteiger partial charge in [-0.05, 0) is 67.6 Å². The van der Waals surface area contributed by atoms with Gasteiger partial charge in [-0.3, -0.25) is 9.78 Å². The highest BCUT2D eigenvalue weighted by atomic mass is 19.1. The first-order valence-electron chi connectivity index (χ1n) is 10.6. The predicted molar refractivity (Wildman–Crippen MR) is 123 cm³/mol. The van der Waals surface area contributed by atoms with Crippen molar-refractivity contribution >= 4 is 17.3 Å². The van der Waals surface area contributed by atoms with Crippen molar-refractivity contribution in [1.29, 1.82) is 0 Å². The first-order valence-corrected chi connectivity index (χ1v) is 10.6. The van der Waals surface area contributed by atoms with Gasteiger partial charge in [0.2, 0.25) is 0 Å². The fourth-order valence-corrected chi connectivity index (χ4v) is 4.25. The molecule has 3 aromatic rings. The lowest BCUT2D eigenvalue weighted by molar-refractivity contribution is 0.102. The van der Waals surface area contributed by atoms with Crippen molar-refractivity contribution in [2.45, 2.75) is 32.7 Å². The average molecular weight is 437 g/mol. The lowest BCUT2D eigenvalue weighted by atomic mass is 9.98. The van der Waals surface area contributed by atoms with Gasteiger partial charge >= 0.3 is 0 Å². The smallest absolute Gasteiger partial charge is 0.259 e. The van der Waals surface area contributed by atoms with Crippen LogP contribution in [0.5, 0.6) is 0 Å². The minimum absolute atomic E-state index is 0.0932. The maximum absolute atomic E-state index is 14.0.